The molecule has 2 aliphatic heterocycles. The Morgan fingerprint density at radius 3 is 2.77 bits per heavy atom. The number of urea groups is 1. The lowest BCUT2D eigenvalue weighted by Gasteiger charge is -2.22. The first-order valence-electron chi connectivity index (χ1n) is 9.97. The summed E-state index contributed by atoms with van der Waals surface area (Å²) in [5.74, 6) is 0.842. The lowest BCUT2D eigenvalue weighted by atomic mass is 10.1. The summed E-state index contributed by atoms with van der Waals surface area (Å²) in [6.07, 6.45) is 2.16. The van der Waals surface area contributed by atoms with Crippen molar-refractivity contribution in [3.63, 3.8) is 0 Å². The van der Waals surface area contributed by atoms with Crippen molar-refractivity contribution in [1.29, 1.82) is 5.26 Å². The highest BCUT2D eigenvalue weighted by Crippen LogP contribution is 2.29. The first kappa shape index (κ1) is 20.7. The molecule has 0 bridgehead atoms. The van der Waals surface area contributed by atoms with Gasteiger partial charge in [0.2, 0.25) is 12.2 Å². The van der Waals surface area contributed by atoms with Crippen molar-refractivity contribution in [3.8, 4) is 6.07 Å². The van der Waals surface area contributed by atoms with Crippen LogP contribution in [-0.2, 0) is 20.8 Å². The van der Waals surface area contributed by atoms with Crippen LogP contribution in [0.5, 0.6) is 0 Å². The maximum atomic E-state index is 12.7. The van der Waals surface area contributed by atoms with Gasteiger partial charge in [-0.2, -0.15) is 5.26 Å². The number of nitriles is 1. The molecule has 2 aromatic heterocycles. The molecule has 1 N–H and O–H groups in total. The van der Waals surface area contributed by atoms with E-state index in [1.807, 2.05) is 12.1 Å². The second kappa shape index (κ2) is 9.07. The van der Waals surface area contributed by atoms with Crippen molar-refractivity contribution in [2.75, 3.05) is 37.0 Å². The molecule has 0 saturated carbocycles. The lowest BCUT2D eigenvalue weighted by Crippen LogP contribution is -2.32. The van der Waals surface area contributed by atoms with Crippen molar-refractivity contribution < 1.29 is 19.1 Å². The first-order valence-corrected chi connectivity index (χ1v) is 9.97. The summed E-state index contributed by atoms with van der Waals surface area (Å²) in [5, 5.41) is 11.5. The van der Waals surface area contributed by atoms with Crippen LogP contribution in [0.2, 0.25) is 0 Å². The van der Waals surface area contributed by atoms with Gasteiger partial charge >= 0.3 is 6.03 Å². The Bertz CT molecular complexity index is 1010. The van der Waals surface area contributed by atoms with Crippen molar-refractivity contribution in [3.05, 3.63) is 47.3 Å². The quantitative estimate of drug-likeness (QED) is 0.784. The number of anilines is 2. The van der Waals surface area contributed by atoms with Gasteiger partial charge in [0.05, 0.1) is 18.8 Å². The zero-order chi connectivity index (χ0) is 21.8. The highest BCUT2D eigenvalue weighted by atomic mass is 16.7. The average Bonchev–Trinajstić information content (AvgIpc) is 3.46. The molecule has 3 amide bonds. The number of nitrogens with one attached hydrogen (secondary N) is 1. The SMILES string of the molecule is CN(C(=O)Nc1ccc(C#N)cn1)c1ccc(CN2CCCC2=O)c(C2OCCO2)n1. The number of nitrogens with zero attached hydrogens (tertiary/aromatic N) is 5. The molecule has 0 spiro atoms. The molecule has 0 aliphatic carbocycles. The van der Waals surface area contributed by atoms with Gasteiger partial charge in [-0.1, -0.05) is 6.07 Å². The van der Waals surface area contributed by atoms with Crippen LogP contribution in [0.15, 0.2) is 30.5 Å². The van der Waals surface area contributed by atoms with Gasteiger partial charge in [-0.05, 0) is 30.2 Å². The highest BCUT2D eigenvalue weighted by Gasteiger charge is 2.28. The van der Waals surface area contributed by atoms with E-state index in [0.717, 1.165) is 12.0 Å². The molecular formula is C21H22N6O4. The van der Waals surface area contributed by atoms with Gasteiger partial charge in [0.1, 0.15) is 23.4 Å². The normalized spacial score (nSPS) is 16.4. The molecule has 31 heavy (non-hydrogen) atoms. The van der Waals surface area contributed by atoms with Gasteiger partial charge in [0.25, 0.3) is 0 Å². The average molecular weight is 422 g/mol. The molecule has 0 atom stereocenters. The van der Waals surface area contributed by atoms with E-state index in [9.17, 15) is 9.59 Å². The highest BCUT2D eigenvalue weighted by molar-refractivity contribution is 6.00. The Kier molecular flexibility index (Phi) is 6.06. The van der Waals surface area contributed by atoms with E-state index in [0.29, 0.717) is 55.6 Å². The number of hydrogen-bond acceptors (Lipinski definition) is 7. The molecular weight excluding hydrogens is 400 g/mol. The monoisotopic (exact) mass is 422 g/mol. The van der Waals surface area contributed by atoms with E-state index in [2.05, 4.69) is 15.3 Å². The van der Waals surface area contributed by atoms with Gasteiger partial charge in [-0.25, -0.2) is 14.8 Å². The number of carbonyl (C=O) groups excluding carboxylic acids is 2. The van der Waals surface area contributed by atoms with Gasteiger partial charge in [-0.3, -0.25) is 15.0 Å². The summed E-state index contributed by atoms with van der Waals surface area (Å²) in [4.78, 5) is 36.5. The molecule has 4 rings (SSSR count). The molecule has 0 aromatic carbocycles. The third-order valence-electron chi connectivity index (χ3n) is 5.15. The Balaban J connectivity index is 1.54. The smallest absolute Gasteiger partial charge is 0.328 e. The minimum Gasteiger partial charge on any atom is -0.345 e. The molecule has 160 valence electrons. The molecule has 2 aromatic rings. The van der Waals surface area contributed by atoms with Crippen molar-refractivity contribution in [2.45, 2.75) is 25.7 Å². The number of carbonyl (C=O) groups is 2. The standard InChI is InChI=1S/C21H22N6O4/c1-26(21(29)24-16-6-4-14(11-22)12-23-16)17-7-5-15(13-27-8-2-3-18(27)28)19(25-17)20-30-9-10-31-20/h4-7,12,20H,2-3,8-10,13H2,1H3,(H,23,24,29). The third kappa shape index (κ3) is 4.63. The predicted molar refractivity (Wildman–Crippen MR) is 110 cm³/mol. The van der Waals surface area contributed by atoms with E-state index in [1.54, 1.807) is 30.1 Å². The minimum atomic E-state index is -0.635. The third-order valence-corrected chi connectivity index (χ3v) is 5.15. The summed E-state index contributed by atoms with van der Waals surface area (Å²) >= 11 is 0. The molecule has 0 unspecified atom stereocenters. The van der Waals surface area contributed by atoms with Crippen LogP contribution in [0.1, 0.15) is 36.0 Å². The second-order valence-corrected chi connectivity index (χ2v) is 7.24. The molecule has 2 fully saturated rings. The lowest BCUT2D eigenvalue weighted by molar-refractivity contribution is -0.128. The fraction of sp³-hybridized carbons (Fsp3) is 0.381. The number of rotatable bonds is 5. The molecule has 10 heteroatoms. The summed E-state index contributed by atoms with van der Waals surface area (Å²) in [5.41, 5.74) is 1.79. The zero-order valence-corrected chi connectivity index (χ0v) is 17.1. The zero-order valence-electron chi connectivity index (χ0n) is 17.1. The van der Waals surface area contributed by atoms with Crippen LogP contribution in [-0.4, -0.2) is 53.6 Å². The topological polar surface area (TPSA) is 121 Å². The summed E-state index contributed by atoms with van der Waals surface area (Å²) < 4.78 is 11.3. The molecule has 4 heterocycles. The molecule has 2 saturated heterocycles. The number of likely N-dealkylation sites (tertiary alicyclic amines) is 1. The Hall–Kier alpha value is -3.55. The summed E-state index contributed by atoms with van der Waals surface area (Å²) in [6, 6.07) is 8.23. The van der Waals surface area contributed by atoms with Gasteiger partial charge in [0, 0.05) is 32.8 Å². The minimum absolute atomic E-state index is 0.120. The number of pyridine rings is 2. The molecule has 2 aliphatic rings. The van der Waals surface area contributed by atoms with E-state index in [1.165, 1.54) is 11.1 Å². The van der Waals surface area contributed by atoms with Crippen LogP contribution in [0, 0.1) is 11.3 Å². The van der Waals surface area contributed by atoms with Crippen molar-refractivity contribution >= 4 is 23.6 Å². The Labute approximate surface area is 179 Å². The van der Waals surface area contributed by atoms with Gasteiger partial charge < -0.3 is 14.4 Å². The van der Waals surface area contributed by atoms with Gasteiger partial charge in [-0.15, -0.1) is 0 Å². The van der Waals surface area contributed by atoms with Crippen molar-refractivity contribution in [1.82, 2.24) is 14.9 Å². The largest absolute Gasteiger partial charge is 0.345 e. The fourth-order valence-corrected chi connectivity index (χ4v) is 3.44. The fourth-order valence-electron chi connectivity index (χ4n) is 3.44. The maximum absolute atomic E-state index is 12.7. The van der Waals surface area contributed by atoms with E-state index >= 15 is 0 Å². The Morgan fingerprint density at radius 1 is 1.32 bits per heavy atom. The molecule has 0 radical (unpaired) electrons. The second-order valence-electron chi connectivity index (χ2n) is 7.24. The predicted octanol–water partition coefficient (Wildman–Crippen LogP) is 2.18. The number of ether oxygens (including phenoxy) is 2. The van der Waals surface area contributed by atoms with E-state index < -0.39 is 12.3 Å². The maximum Gasteiger partial charge on any atom is 0.328 e. The number of aromatic nitrogens is 2. The van der Waals surface area contributed by atoms with Crippen molar-refractivity contribution in [2.24, 2.45) is 0 Å². The summed E-state index contributed by atoms with van der Waals surface area (Å²) in [6.45, 7) is 2.06. The Morgan fingerprint density at radius 2 is 2.13 bits per heavy atom. The summed E-state index contributed by atoms with van der Waals surface area (Å²) in [7, 11) is 1.59. The molecule has 10 nitrogen and oxygen atoms in total. The number of hydrogen-bond donors (Lipinski definition) is 1. The van der Waals surface area contributed by atoms with Crippen LogP contribution >= 0.6 is 0 Å². The first-order chi connectivity index (χ1) is 15.0. The number of amides is 3. The van der Waals surface area contributed by atoms with Gasteiger partial charge in [0.15, 0.2) is 0 Å². The van der Waals surface area contributed by atoms with E-state index in [-0.39, 0.29) is 5.91 Å². The van der Waals surface area contributed by atoms with E-state index in [4.69, 9.17) is 14.7 Å². The van der Waals surface area contributed by atoms with Crippen LogP contribution in [0.4, 0.5) is 16.4 Å². The van der Waals surface area contributed by atoms with Crippen LogP contribution < -0.4 is 10.2 Å². The van der Waals surface area contributed by atoms with Crippen LogP contribution in [0.3, 0.4) is 0 Å². The van der Waals surface area contributed by atoms with Crippen LogP contribution in [0.25, 0.3) is 0 Å².